The van der Waals surface area contributed by atoms with Crippen LogP contribution in [0.4, 0.5) is 0 Å². The van der Waals surface area contributed by atoms with Crippen molar-refractivity contribution in [3.05, 3.63) is 34.9 Å². The van der Waals surface area contributed by atoms with Gasteiger partial charge in [-0.1, -0.05) is 11.6 Å². The summed E-state index contributed by atoms with van der Waals surface area (Å²) in [7, 11) is 4.10. The fourth-order valence-corrected chi connectivity index (χ4v) is 1.59. The van der Waals surface area contributed by atoms with E-state index in [1.165, 1.54) is 33.5 Å². The van der Waals surface area contributed by atoms with E-state index in [4.69, 9.17) is 21.1 Å². The van der Waals surface area contributed by atoms with E-state index < -0.39 is 11.8 Å². The normalized spacial score (nSPS) is 10.3. The van der Waals surface area contributed by atoms with Crippen LogP contribution in [-0.2, 0) is 9.53 Å². The molecule has 0 N–H and O–H groups in total. The molecule has 0 heterocycles. The Bertz CT molecular complexity index is 522. The zero-order valence-corrected chi connectivity index (χ0v) is 11.5. The number of hydrogen-bond donors (Lipinski definition) is 0. The molecule has 0 saturated heterocycles. The molecule has 0 aliphatic carbocycles. The predicted molar refractivity (Wildman–Crippen MR) is 70.0 cm³/mol. The first-order valence-electron chi connectivity index (χ1n) is 5.25. The lowest BCUT2D eigenvalue weighted by Crippen LogP contribution is -2.02. The molecule has 0 saturated carbocycles. The van der Waals surface area contributed by atoms with Gasteiger partial charge in [0.05, 0.1) is 31.9 Å². The van der Waals surface area contributed by atoms with Crippen LogP contribution < -0.4 is 9.47 Å². The molecule has 1 aromatic rings. The molecular formula is C13H13ClO5. The SMILES string of the molecule is COC(=O)/C=C/C(=O)c1cc(Cl)c(OC)cc1OC. The summed E-state index contributed by atoms with van der Waals surface area (Å²) in [5.41, 5.74) is 0.230. The van der Waals surface area contributed by atoms with E-state index >= 15 is 0 Å². The molecule has 0 amide bonds. The van der Waals surface area contributed by atoms with Gasteiger partial charge in [-0.3, -0.25) is 4.79 Å². The molecule has 0 fully saturated rings. The summed E-state index contributed by atoms with van der Waals surface area (Å²) in [6, 6.07) is 2.92. The quantitative estimate of drug-likeness (QED) is 0.471. The maximum absolute atomic E-state index is 11.9. The van der Waals surface area contributed by atoms with Gasteiger partial charge < -0.3 is 14.2 Å². The summed E-state index contributed by atoms with van der Waals surface area (Å²) in [6.45, 7) is 0. The number of ketones is 1. The number of hydrogen-bond acceptors (Lipinski definition) is 5. The summed E-state index contributed by atoms with van der Waals surface area (Å²) >= 11 is 5.94. The molecule has 0 aliphatic rings. The molecule has 0 aliphatic heterocycles. The van der Waals surface area contributed by atoms with Crippen LogP contribution in [0.3, 0.4) is 0 Å². The van der Waals surface area contributed by atoms with Gasteiger partial charge in [0.2, 0.25) is 0 Å². The number of halogens is 1. The van der Waals surface area contributed by atoms with Crippen molar-refractivity contribution in [1.29, 1.82) is 0 Å². The van der Waals surface area contributed by atoms with Crippen molar-refractivity contribution in [3.8, 4) is 11.5 Å². The first-order valence-corrected chi connectivity index (χ1v) is 5.63. The Morgan fingerprint density at radius 3 is 2.21 bits per heavy atom. The third-order valence-corrected chi connectivity index (χ3v) is 2.61. The van der Waals surface area contributed by atoms with Crippen LogP contribution in [0.1, 0.15) is 10.4 Å². The Kier molecular flexibility index (Phi) is 5.38. The lowest BCUT2D eigenvalue weighted by Gasteiger charge is -2.09. The third kappa shape index (κ3) is 3.72. The molecule has 1 rings (SSSR count). The van der Waals surface area contributed by atoms with Gasteiger partial charge in [-0.25, -0.2) is 4.79 Å². The average Bonchev–Trinajstić information content (AvgIpc) is 2.43. The van der Waals surface area contributed by atoms with Gasteiger partial charge in [0.25, 0.3) is 0 Å². The maximum Gasteiger partial charge on any atom is 0.330 e. The highest BCUT2D eigenvalue weighted by atomic mass is 35.5. The highest BCUT2D eigenvalue weighted by Gasteiger charge is 2.14. The molecule has 0 atom stereocenters. The van der Waals surface area contributed by atoms with E-state index in [9.17, 15) is 9.59 Å². The summed E-state index contributed by atoms with van der Waals surface area (Å²) in [4.78, 5) is 22.9. The Labute approximate surface area is 115 Å². The number of allylic oxidation sites excluding steroid dienone is 1. The minimum Gasteiger partial charge on any atom is -0.496 e. The fraction of sp³-hybridized carbons (Fsp3) is 0.231. The number of esters is 1. The van der Waals surface area contributed by atoms with Gasteiger partial charge in [-0.2, -0.15) is 0 Å². The van der Waals surface area contributed by atoms with Gasteiger partial charge in [0, 0.05) is 12.1 Å². The molecule has 19 heavy (non-hydrogen) atoms. The number of methoxy groups -OCH3 is 3. The molecule has 5 nitrogen and oxygen atoms in total. The van der Waals surface area contributed by atoms with E-state index in [0.29, 0.717) is 11.5 Å². The lowest BCUT2D eigenvalue weighted by atomic mass is 10.1. The minimum atomic E-state index is -0.619. The maximum atomic E-state index is 11.9. The van der Waals surface area contributed by atoms with E-state index in [-0.39, 0.29) is 10.6 Å². The number of carbonyl (C=O) groups excluding carboxylic acids is 2. The Balaban J connectivity index is 3.12. The van der Waals surface area contributed by atoms with E-state index in [1.807, 2.05) is 0 Å². The fourth-order valence-electron chi connectivity index (χ4n) is 1.35. The largest absolute Gasteiger partial charge is 0.496 e. The second kappa shape index (κ2) is 6.80. The summed E-state index contributed by atoms with van der Waals surface area (Å²) in [5.74, 6) is -0.341. The molecule has 102 valence electrons. The van der Waals surface area contributed by atoms with E-state index in [1.54, 1.807) is 0 Å². The zero-order valence-electron chi connectivity index (χ0n) is 10.7. The monoisotopic (exact) mass is 284 g/mol. The molecule has 0 spiro atoms. The van der Waals surface area contributed by atoms with Gasteiger partial charge in [0.15, 0.2) is 5.78 Å². The summed E-state index contributed by atoms with van der Waals surface area (Å²) in [6.07, 6.45) is 2.12. The molecule has 0 bridgehead atoms. The first kappa shape index (κ1) is 15.0. The van der Waals surface area contributed by atoms with Gasteiger partial charge >= 0.3 is 5.97 Å². The highest BCUT2D eigenvalue weighted by Crippen LogP contribution is 2.32. The van der Waals surface area contributed by atoms with Crippen LogP contribution in [0.5, 0.6) is 11.5 Å². The topological polar surface area (TPSA) is 61.8 Å². The van der Waals surface area contributed by atoms with Crippen LogP contribution in [0, 0.1) is 0 Å². The van der Waals surface area contributed by atoms with Gasteiger partial charge in [-0.15, -0.1) is 0 Å². The zero-order chi connectivity index (χ0) is 14.4. The Morgan fingerprint density at radius 1 is 1.05 bits per heavy atom. The second-order valence-electron chi connectivity index (χ2n) is 3.41. The molecule has 0 radical (unpaired) electrons. The van der Waals surface area contributed by atoms with Crippen LogP contribution in [0.15, 0.2) is 24.3 Å². The van der Waals surface area contributed by atoms with Gasteiger partial charge in [-0.05, 0) is 12.1 Å². The highest BCUT2D eigenvalue weighted by molar-refractivity contribution is 6.32. The first-order chi connectivity index (χ1) is 9.03. The van der Waals surface area contributed by atoms with Crippen molar-refractivity contribution < 1.29 is 23.8 Å². The van der Waals surface area contributed by atoms with Crippen LogP contribution in [0.2, 0.25) is 5.02 Å². The summed E-state index contributed by atoms with van der Waals surface area (Å²) < 4.78 is 14.5. The molecular weight excluding hydrogens is 272 g/mol. The number of rotatable bonds is 5. The van der Waals surface area contributed by atoms with Crippen molar-refractivity contribution >= 4 is 23.4 Å². The van der Waals surface area contributed by atoms with Crippen molar-refractivity contribution in [2.24, 2.45) is 0 Å². The summed E-state index contributed by atoms with van der Waals surface area (Å²) in [5, 5.41) is 0.276. The van der Waals surface area contributed by atoms with E-state index in [0.717, 1.165) is 12.2 Å². The van der Waals surface area contributed by atoms with Crippen molar-refractivity contribution in [2.45, 2.75) is 0 Å². The second-order valence-corrected chi connectivity index (χ2v) is 3.81. The average molecular weight is 285 g/mol. The van der Waals surface area contributed by atoms with Crippen LogP contribution in [0.25, 0.3) is 0 Å². The smallest absolute Gasteiger partial charge is 0.330 e. The number of ether oxygens (including phenoxy) is 3. The molecule has 0 unspecified atom stereocenters. The molecule has 0 aromatic heterocycles. The molecule has 6 heteroatoms. The minimum absolute atomic E-state index is 0.230. The van der Waals surface area contributed by atoms with Crippen LogP contribution in [-0.4, -0.2) is 33.1 Å². The van der Waals surface area contributed by atoms with Crippen molar-refractivity contribution in [1.82, 2.24) is 0 Å². The van der Waals surface area contributed by atoms with Crippen molar-refractivity contribution in [3.63, 3.8) is 0 Å². The lowest BCUT2D eigenvalue weighted by molar-refractivity contribution is -0.134. The molecule has 1 aromatic carbocycles. The number of benzene rings is 1. The predicted octanol–water partition coefficient (Wildman–Crippen LogP) is 2.27. The van der Waals surface area contributed by atoms with Crippen molar-refractivity contribution in [2.75, 3.05) is 21.3 Å². The standard InChI is InChI=1S/C13H13ClO5/c1-17-11-7-12(18-2)9(14)6-8(11)10(15)4-5-13(16)19-3/h4-7H,1-3H3/b5-4+. The third-order valence-electron chi connectivity index (χ3n) is 2.31. The Hall–Kier alpha value is -2.01. The van der Waals surface area contributed by atoms with E-state index in [2.05, 4.69) is 4.74 Å². The Morgan fingerprint density at radius 2 is 1.68 bits per heavy atom. The van der Waals surface area contributed by atoms with Crippen LogP contribution >= 0.6 is 11.6 Å². The van der Waals surface area contributed by atoms with Gasteiger partial charge in [0.1, 0.15) is 11.5 Å². The number of carbonyl (C=O) groups is 2.